The second-order valence-corrected chi connectivity index (χ2v) is 30.6. The van der Waals surface area contributed by atoms with E-state index in [4.69, 9.17) is 24.1 Å². The Labute approximate surface area is 684 Å². The topological polar surface area (TPSA) is 224 Å². The monoisotopic (exact) mass is 1830 g/mol. The molecule has 714 valence electrons. The first-order valence-electron chi connectivity index (χ1n) is 39.9. The van der Waals surface area contributed by atoms with Crippen LogP contribution in [-0.4, -0.2) is 213 Å². The second kappa shape index (κ2) is 55.3. The van der Waals surface area contributed by atoms with Crippen molar-refractivity contribution in [1.29, 1.82) is 0 Å². The van der Waals surface area contributed by atoms with E-state index in [1.54, 1.807) is 0 Å². The van der Waals surface area contributed by atoms with Gasteiger partial charge in [0, 0.05) is 79.5 Å². The molecule has 4 unspecified atom stereocenters. The van der Waals surface area contributed by atoms with Crippen LogP contribution in [0, 0.1) is 47.3 Å². The first kappa shape index (κ1) is 114. The van der Waals surface area contributed by atoms with Gasteiger partial charge in [-0.3, -0.25) is 28.8 Å². The largest absolute Gasteiger partial charge is 0.465 e. The molecule has 121 heavy (non-hydrogen) atoms. The van der Waals surface area contributed by atoms with Gasteiger partial charge in [0.25, 0.3) is 0 Å². The third kappa shape index (κ3) is 66.8. The van der Waals surface area contributed by atoms with Gasteiger partial charge >= 0.3 is 96.8 Å². The van der Waals surface area contributed by atoms with Gasteiger partial charge < -0.3 is 57.2 Å². The molecule has 0 aromatic heterocycles. The third-order valence-corrected chi connectivity index (χ3v) is 18.5. The van der Waals surface area contributed by atoms with Crippen LogP contribution in [0.25, 0.3) is 0 Å². The van der Waals surface area contributed by atoms with Crippen molar-refractivity contribution >= 4 is 35.8 Å². The number of rotatable bonds is 46. The molecule has 0 aliphatic heterocycles. The van der Waals surface area contributed by atoms with Gasteiger partial charge in [0.1, 0.15) is 0 Å². The molecule has 0 spiro atoms. The fraction of sp³-hybridized carbons (Fsp3) is 0.921. The Morgan fingerprint density at radius 2 is 0.603 bits per heavy atom. The van der Waals surface area contributed by atoms with Crippen LogP contribution in [0.4, 0.5) is 119 Å². The molecule has 4 atom stereocenters. The van der Waals surface area contributed by atoms with Crippen LogP contribution in [0.15, 0.2) is 0 Å². The van der Waals surface area contributed by atoms with Gasteiger partial charge in [-0.25, -0.2) is 8.78 Å². The van der Waals surface area contributed by atoms with Crippen LogP contribution in [0.2, 0.25) is 0 Å². The Balaban J connectivity index is 0.000000693. The zero-order valence-corrected chi connectivity index (χ0v) is 67.6. The van der Waals surface area contributed by atoms with Gasteiger partial charge in [0.15, 0.2) is 18.8 Å². The standard InChI is InChI=1S/C11H16F4O2.C11H17F3O3.C10H13F5O2.C10H15F3O3.C9H15F3O2.C9H13F3O2.C8H13F3O2.C8H11F3O2/c1-10(12,13)11(14,15)6-7-17-9(16)5-4-8-2-3-8;1-2-10(15)17-9(11(12,13)14)7-16-6-5-8-3-4-8;11-9(12,10(13,14)15)5-6-17-8(16)4-3-7-1-2-7;1-7(14)16-9(10(11,12)13)6-15-5-4-8-2-3-8;1-13-8(9(10,11)12)6-14-5-4-7-2-3-7;10-9(11,12)5-6-14-8(13)4-3-7-1-2-7;9-8(10,11)7(12)5-13-4-3-6-1-2-6;9-8(10,11)5-13-7(12)4-3-6-1-2-6/h8H,2-7H2,1H3;8-9H,2-7H2,1H3;7H,1-6H2;8-9H,2-6H2,1H3;7-8H,2-6H2,1H3;7H,1-6H2;6-7,12H,1-5H2;6H,1-5H2. The summed E-state index contributed by atoms with van der Waals surface area (Å²) in [6.07, 6.45) is -19.9. The zero-order valence-electron chi connectivity index (χ0n) is 67.6. The Bertz CT molecular complexity index is 2790. The maximum atomic E-state index is 12.8. The van der Waals surface area contributed by atoms with Crippen LogP contribution in [0.1, 0.15) is 226 Å². The first-order valence-corrected chi connectivity index (χ1v) is 39.9. The van der Waals surface area contributed by atoms with Gasteiger partial charge in [0.05, 0.1) is 65.5 Å². The predicted molar refractivity (Wildman–Crippen MR) is 374 cm³/mol. The fourth-order valence-corrected chi connectivity index (χ4v) is 9.21. The average Bonchev–Trinajstić information content (AvgIpc) is 1.84. The lowest BCUT2D eigenvalue weighted by Crippen LogP contribution is -2.38. The van der Waals surface area contributed by atoms with Crippen LogP contribution in [0.5, 0.6) is 0 Å². The van der Waals surface area contributed by atoms with Crippen molar-refractivity contribution in [2.75, 3.05) is 86.4 Å². The number of hydrogen-bond acceptors (Lipinski definition) is 18. The number of halogens is 27. The third-order valence-electron chi connectivity index (χ3n) is 18.5. The number of carbonyl (C=O) groups excluding carboxylic acids is 6. The van der Waals surface area contributed by atoms with Crippen LogP contribution >= 0.6 is 0 Å². The van der Waals surface area contributed by atoms with Crippen LogP contribution < -0.4 is 0 Å². The highest BCUT2D eigenvalue weighted by molar-refractivity contribution is 5.71. The number of hydrogen-bond donors (Lipinski definition) is 1. The van der Waals surface area contributed by atoms with Gasteiger partial charge in [-0.1, -0.05) is 110 Å². The molecule has 0 radical (unpaired) electrons. The minimum Gasteiger partial charge on any atom is -0.465 e. The lowest BCUT2D eigenvalue weighted by atomic mass is 10.1. The number of methoxy groups -OCH3 is 1. The lowest BCUT2D eigenvalue weighted by molar-refractivity contribution is -0.286. The van der Waals surface area contributed by atoms with E-state index in [0.717, 1.165) is 136 Å². The number of esters is 6. The SMILES string of the molecule is CC(=O)OC(COCCC1CC1)C(F)(F)F.CC(F)(F)C(F)(F)CCOC(=O)CCC1CC1.CCC(=O)OC(COCCC1CC1)C(F)(F)F.COC(COCCC1CC1)C(F)(F)F.O=C(CCC1CC1)OCC(F)(F)F.O=C(CCC1CC1)OCCC(F)(F)C(F)(F)F.O=C(CCC1CC1)OCCC(F)(F)F.OC(COCCC1CC1)C(F)(F)F. The molecule has 0 heterocycles. The number of aliphatic hydroxyl groups is 1. The van der Waals surface area contributed by atoms with E-state index in [1.165, 1.54) is 19.8 Å². The Morgan fingerprint density at radius 3 is 0.851 bits per heavy atom. The summed E-state index contributed by atoms with van der Waals surface area (Å²) in [6.45, 7) is -1.99. The second-order valence-electron chi connectivity index (χ2n) is 30.6. The Morgan fingerprint density at radius 1 is 0.331 bits per heavy atom. The van der Waals surface area contributed by atoms with Gasteiger partial charge in [-0.15, -0.1) is 0 Å². The summed E-state index contributed by atoms with van der Waals surface area (Å²) in [4.78, 5) is 64.9. The molecule has 8 rings (SSSR count). The molecule has 0 amide bonds. The van der Waals surface area contributed by atoms with E-state index in [-0.39, 0.29) is 39.0 Å². The average molecular weight is 1830 g/mol. The lowest BCUT2D eigenvalue weighted by Gasteiger charge is -2.22. The van der Waals surface area contributed by atoms with Gasteiger partial charge in [0.2, 0.25) is 12.2 Å². The molecule has 45 heteroatoms. The summed E-state index contributed by atoms with van der Waals surface area (Å²) in [5.41, 5.74) is 0. The summed E-state index contributed by atoms with van der Waals surface area (Å²) in [6, 6.07) is 0. The molecule has 8 saturated carbocycles. The first-order chi connectivity index (χ1) is 55.7. The highest BCUT2D eigenvalue weighted by Crippen LogP contribution is 2.42. The highest BCUT2D eigenvalue weighted by atomic mass is 19.4. The van der Waals surface area contributed by atoms with E-state index in [1.807, 2.05) is 0 Å². The van der Waals surface area contributed by atoms with Crippen molar-refractivity contribution in [1.82, 2.24) is 0 Å². The van der Waals surface area contributed by atoms with Crippen LogP contribution in [0.3, 0.4) is 0 Å². The van der Waals surface area contributed by atoms with E-state index in [9.17, 15) is 147 Å². The molecule has 0 saturated heterocycles. The van der Waals surface area contributed by atoms with Crippen LogP contribution in [-0.2, 0) is 80.9 Å². The van der Waals surface area contributed by atoms with Crippen molar-refractivity contribution in [3.63, 3.8) is 0 Å². The molecule has 0 aromatic carbocycles. The summed E-state index contributed by atoms with van der Waals surface area (Å²) in [7, 11) is 1.04. The number of carbonyl (C=O) groups is 6. The zero-order chi connectivity index (χ0) is 92.3. The quantitative estimate of drug-likeness (QED) is 0.0259. The molecular weight excluding hydrogens is 1710 g/mol. The maximum absolute atomic E-state index is 12.8. The highest BCUT2D eigenvalue weighted by Gasteiger charge is 2.57. The van der Waals surface area contributed by atoms with Crippen molar-refractivity contribution < 1.29 is 205 Å². The molecule has 0 aromatic rings. The molecule has 8 aliphatic carbocycles. The summed E-state index contributed by atoms with van der Waals surface area (Å²) >= 11 is 0. The molecule has 1 N–H and O–H groups in total. The number of aliphatic hydroxyl groups excluding tert-OH is 1. The summed E-state index contributed by atoms with van der Waals surface area (Å²) in [5.74, 6) is -12.7. The van der Waals surface area contributed by atoms with E-state index >= 15 is 0 Å². The predicted octanol–water partition coefficient (Wildman–Crippen LogP) is 20.8. The number of alkyl halides is 27. The maximum Gasteiger partial charge on any atom is 0.453 e. The molecule has 8 aliphatic rings. The smallest absolute Gasteiger partial charge is 0.453 e. The van der Waals surface area contributed by atoms with Crippen molar-refractivity contribution in [3.8, 4) is 0 Å². The Kier molecular flexibility index (Phi) is 52.0. The van der Waals surface area contributed by atoms with Gasteiger partial charge in [-0.05, 0) is 98.7 Å². The molecule has 8 fully saturated rings. The normalized spacial score (nSPS) is 18.0. The van der Waals surface area contributed by atoms with E-state index < -0.39 is 193 Å². The van der Waals surface area contributed by atoms with Crippen molar-refractivity contribution in [3.05, 3.63) is 0 Å². The Hall–Kier alpha value is -5.31. The fourth-order valence-electron chi connectivity index (χ4n) is 9.21. The van der Waals surface area contributed by atoms with E-state index in [0.29, 0.717) is 93.0 Å². The molecular formula is C76H113F27O18. The minimum absolute atomic E-state index is 0.0747. The summed E-state index contributed by atoms with van der Waals surface area (Å²) in [5, 5.41) is 8.52. The minimum atomic E-state index is -5.59. The van der Waals surface area contributed by atoms with E-state index in [2.05, 4.69) is 33.2 Å². The molecule has 18 nitrogen and oxygen atoms in total. The van der Waals surface area contributed by atoms with Crippen molar-refractivity contribution in [2.24, 2.45) is 47.3 Å². The number of ether oxygens (including phenoxy) is 11. The summed E-state index contributed by atoms with van der Waals surface area (Å²) < 4.78 is 375. The van der Waals surface area contributed by atoms with Gasteiger partial charge in [-0.2, -0.15) is 110 Å². The molecule has 0 bridgehead atoms. The van der Waals surface area contributed by atoms with Crippen molar-refractivity contribution in [2.45, 2.75) is 312 Å².